The van der Waals surface area contributed by atoms with E-state index in [1.165, 1.54) is 60.3 Å². The number of hydrogen-bond donors (Lipinski definition) is 0. The molecule has 4 nitrogen and oxygen atoms in total. The highest BCUT2D eigenvalue weighted by atomic mass is 16.3. The summed E-state index contributed by atoms with van der Waals surface area (Å²) in [5.41, 5.74) is 17.6. The molecule has 4 heteroatoms. The zero-order chi connectivity index (χ0) is 40.1. The van der Waals surface area contributed by atoms with Gasteiger partial charge in [-0.3, -0.25) is 0 Å². The second kappa shape index (κ2) is 11.7. The van der Waals surface area contributed by atoms with Crippen LogP contribution >= 0.6 is 0 Å². The molecule has 0 atom stereocenters. The van der Waals surface area contributed by atoms with Crippen molar-refractivity contribution in [1.29, 1.82) is 0 Å². The van der Waals surface area contributed by atoms with Crippen LogP contribution in [0.3, 0.4) is 0 Å². The Hall–Kier alpha value is -7.82. The molecule has 0 N–H and O–H groups in total. The molecule has 1 aliphatic carbocycles. The molecule has 0 spiro atoms. The van der Waals surface area contributed by atoms with Crippen LogP contribution in [-0.4, -0.2) is 13.7 Å². The summed E-state index contributed by atoms with van der Waals surface area (Å²) in [6.07, 6.45) is 0. The van der Waals surface area contributed by atoms with Crippen molar-refractivity contribution in [2.75, 3.05) is 0 Å². The van der Waals surface area contributed by atoms with E-state index in [0.717, 1.165) is 66.3 Å². The van der Waals surface area contributed by atoms with Crippen molar-refractivity contribution < 1.29 is 4.42 Å². The smallest absolute Gasteiger partial charge is 0.145 e. The summed E-state index contributed by atoms with van der Waals surface area (Å²) in [5, 5.41) is 9.35. The summed E-state index contributed by atoms with van der Waals surface area (Å²) < 4.78 is 14.5. The summed E-state index contributed by atoms with van der Waals surface area (Å²) >= 11 is 0. The molecule has 61 heavy (non-hydrogen) atoms. The lowest BCUT2D eigenvalue weighted by Crippen LogP contribution is -2.14. The van der Waals surface area contributed by atoms with E-state index in [-0.39, 0.29) is 5.41 Å². The van der Waals surface area contributed by atoms with Gasteiger partial charge < -0.3 is 18.1 Å². The molecule has 1 aliphatic rings. The lowest BCUT2D eigenvalue weighted by atomic mass is 9.82. The quantitative estimate of drug-likeness (QED) is 0.176. The molecule has 0 bridgehead atoms. The van der Waals surface area contributed by atoms with Gasteiger partial charge in [0.2, 0.25) is 0 Å². The third-order valence-electron chi connectivity index (χ3n) is 13.8. The fourth-order valence-electron chi connectivity index (χ4n) is 11.2. The van der Waals surface area contributed by atoms with Gasteiger partial charge in [-0.05, 0) is 107 Å². The van der Waals surface area contributed by atoms with Gasteiger partial charge in [-0.1, -0.05) is 117 Å². The van der Waals surface area contributed by atoms with E-state index in [0.29, 0.717) is 0 Å². The molecule has 0 amide bonds. The number of para-hydroxylation sites is 4. The highest BCUT2D eigenvalue weighted by molar-refractivity contribution is 6.29. The molecule has 0 aliphatic heterocycles. The molecule has 0 unspecified atom stereocenters. The van der Waals surface area contributed by atoms with Crippen LogP contribution < -0.4 is 0 Å². The lowest BCUT2D eigenvalue weighted by molar-refractivity contribution is 0.660. The Bertz CT molecular complexity index is 4020. The van der Waals surface area contributed by atoms with Crippen LogP contribution in [0, 0.1) is 0 Å². The minimum atomic E-state index is -0.0459. The van der Waals surface area contributed by atoms with Crippen molar-refractivity contribution in [1.82, 2.24) is 13.7 Å². The van der Waals surface area contributed by atoms with Crippen LogP contribution in [0.2, 0.25) is 0 Å². The van der Waals surface area contributed by atoms with Gasteiger partial charge in [-0.2, -0.15) is 0 Å². The Morgan fingerprint density at radius 2 is 0.803 bits per heavy atom. The topological polar surface area (TPSA) is 27.9 Å². The van der Waals surface area contributed by atoms with Crippen molar-refractivity contribution in [3.05, 3.63) is 199 Å². The minimum absolute atomic E-state index is 0.0459. The molecule has 9 aromatic carbocycles. The van der Waals surface area contributed by atoms with E-state index in [1.807, 2.05) is 0 Å². The van der Waals surface area contributed by atoms with E-state index in [2.05, 4.69) is 216 Å². The van der Waals surface area contributed by atoms with Gasteiger partial charge in [0.05, 0.1) is 43.9 Å². The number of fused-ring (bicyclic) bond motifs is 17. The van der Waals surface area contributed by atoms with Crippen LogP contribution in [0.4, 0.5) is 0 Å². The molecular weight excluding hydrogens is 743 g/mol. The number of hydrogen-bond acceptors (Lipinski definition) is 1. The van der Waals surface area contributed by atoms with E-state index < -0.39 is 0 Å². The molecule has 286 valence electrons. The average molecular weight is 780 g/mol. The Kier molecular flexibility index (Phi) is 6.33. The molecular formula is C57H37N3O. The Morgan fingerprint density at radius 1 is 0.328 bits per heavy atom. The normalized spacial score (nSPS) is 13.5. The average Bonchev–Trinajstić information content (AvgIpc) is 4.08. The fourth-order valence-corrected chi connectivity index (χ4v) is 11.2. The maximum atomic E-state index is 7.29. The molecule has 0 saturated heterocycles. The second-order valence-corrected chi connectivity index (χ2v) is 17.3. The van der Waals surface area contributed by atoms with Crippen LogP contribution in [0.5, 0.6) is 0 Å². The number of furan rings is 1. The molecule has 14 rings (SSSR count). The third-order valence-corrected chi connectivity index (χ3v) is 13.8. The van der Waals surface area contributed by atoms with Crippen molar-refractivity contribution in [2.45, 2.75) is 19.3 Å². The summed E-state index contributed by atoms with van der Waals surface area (Å²) in [4.78, 5) is 0. The van der Waals surface area contributed by atoms with Gasteiger partial charge >= 0.3 is 0 Å². The van der Waals surface area contributed by atoms with E-state index in [4.69, 9.17) is 4.42 Å². The van der Waals surface area contributed by atoms with Crippen molar-refractivity contribution in [3.63, 3.8) is 0 Å². The zero-order valence-electron chi connectivity index (χ0n) is 33.6. The Morgan fingerprint density at radius 3 is 1.48 bits per heavy atom. The van der Waals surface area contributed by atoms with E-state index in [1.54, 1.807) is 0 Å². The van der Waals surface area contributed by atoms with Gasteiger partial charge in [0.1, 0.15) is 11.2 Å². The minimum Gasteiger partial charge on any atom is -0.455 e. The predicted molar refractivity (Wildman–Crippen MR) is 254 cm³/mol. The van der Waals surface area contributed by atoms with Crippen molar-refractivity contribution in [3.8, 4) is 28.2 Å². The largest absolute Gasteiger partial charge is 0.455 e. The number of aromatic nitrogens is 3. The standard InChI is InChI=1S/C57H37N3O/c1-57(2)45-20-10-6-16-37(45)43-32-35(24-28-46(43)57)59-48-22-12-8-18-41(48)53-51(59)30-26-39-40-27-31-52-54(56(40)61-55(39)53)42-19-9-13-23-49(42)60(52)36-25-29-50-44(33-36)38-17-7-11-21-47(38)58(50)34-14-4-3-5-15-34/h3-33H,1-2H3. The van der Waals surface area contributed by atoms with Gasteiger partial charge in [-0.25, -0.2) is 0 Å². The maximum absolute atomic E-state index is 7.29. The maximum Gasteiger partial charge on any atom is 0.145 e. The Labute approximate surface area is 350 Å². The Balaban J connectivity index is 1.01. The van der Waals surface area contributed by atoms with Crippen molar-refractivity contribution >= 4 is 87.4 Å². The van der Waals surface area contributed by atoms with Gasteiger partial charge in [0, 0.05) is 54.8 Å². The summed E-state index contributed by atoms with van der Waals surface area (Å²) in [5.74, 6) is 0. The zero-order valence-corrected chi connectivity index (χ0v) is 33.6. The van der Waals surface area contributed by atoms with Gasteiger partial charge in [-0.15, -0.1) is 0 Å². The van der Waals surface area contributed by atoms with Crippen LogP contribution in [-0.2, 0) is 5.41 Å². The molecule has 13 aromatic rings. The number of benzene rings is 9. The molecule has 0 saturated carbocycles. The van der Waals surface area contributed by atoms with Crippen LogP contribution in [0.25, 0.3) is 116 Å². The lowest BCUT2D eigenvalue weighted by Gasteiger charge is -2.21. The van der Waals surface area contributed by atoms with E-state index >= 15 is 0 Å². The molecule has 4 heterocycles. The predicted octanol–water partition coefficient (Wildman–Crippen LogP) is 15.2. The SMILES string of the molecule is CC1(C)c2ccccc2-c2cc(-n3c4ccccc4c4c5oc6c(ccc7c6c6ccccc6n7-c6ccc7c(c6)c6ccccc6n7-c6ccccc6)c5ccc43)ccc21. The van der Waals surface area contributed by atoms with E-state index in [9.17, 15) is 0 Å². The number of rotatable bonds is 3. The summed E-state index contributed by atoms with van der Waals surface area (Å²) in [6, 6.07) is 68.9. The van der Waals surface area contributed by atoms with Crippen LogP contribution in [0.15, 0.2) is 192 Å². The fraction of sp³-hybridized carbons (Fsp3) is 0.0526. The molecule has 4 aromatic heterocycles. The summed E-state index contributed by atoms with van der Waals surface area (Å²) in [7, 11) is 0. The first-order chi connectivity index (χ1) is 30.0. The first-order valence-corrected chi connectivity index (χ1v) is 21.2. The molecule has 0 fully saturated rings. The van der Waals surface area contributed by atoms with Crippen LogP contribution in [0.1, 0.15) is 25.0 Å². The summed E-state index contributed by atoms with van der Waals surface area (Å²) in [6.45, 7) is 4.68. The third kappa shape index (κ3) is 4.23. The monoisotopic (exact) mass is 779 g/mol. The van der Waals surface area contributed by atoms with Gasteiger partial charge in [0.25, 0.3) is 0 Å². The first kappa shape index (κ1) is 33.1. The highest BCUT2D eigenvalue weighted by Crippen LogP contribution is 2.50. The van der Waals surface area contributed by atoms with Gasteiger partial charge in [0.15, 0.2) is 0 Å². The molecule has 0 radical (unpaired) electrons. The number of nitrogens with zero attached hydrogens (tertiary/aromatic N) is 3. The highest BCUT2D eigenvalue weighted by Gasteiger charge is 2.35. The first-order valence-electron chi connectivity index (χ1n) is 21.2. The second-order valence-electron chi connectivity index (χ2n) is 17.3. The van der Waals surface area contributed by atoms with Crippen molar-refractivity contribution in [2.24, 2.45) is 0 Å².